The maximum Gasteiger partial charge on any atom is 0.409 e. The number of thioether (sulfide) groups is 1. The summed E-state index contributed by atoms with van der Waals surface area (Å²) in [5.41, 5.74) is 0.597. The lowest BCUT2D eigenvalue weighted by Crippen LogP contribution is -2.49. The van der Waals surface area contributed by atoms with E-state index in [9.17, 15) is 14.4 Å². The molecule has 2 saturated heterocycles. The number of carbonyl (C=O) groups excluding carboxylic acids is 2. The maximum absolute atomic E-state index is 13.5. The number of amides is 2. The second-order valence-electron chi connectivity index (χ2n) is 7.94. The number of hydrogen-bond acceptors (Lipinski definition) is 8. The summed E-state index contributed by atoms with van der Waals surface area (Å²) in [5, 5.41) is 0. The van der Waals surface area contributed by atoms with Gasteiger partial charge in [0.05, 0.1) is 17.1 Å². The van der Waals surface area contributed by atoms with Crippen LogP contribution in [0.2, 0.25) is 0 Å². The van der Waals surface area contributed by atoms with Gasteiger partial charge in [0.15, 0.2) is 0 Å². The van der Waals surface area contributed by atoms with Crippen LogP contribution >= 0.6 is 24.0 Å². The van der Waals surface area contributed by atoms with Crippen molar-refractivity contribution in [2.24, 2.45) is 0 Å². The van der Waals surface area contributed by atoms with Crippen LogP contribution in [0.3, 0.4) is 0 Å². The second kappa shape index (κ2) is 10.6. The fraction of sp³-hybridized carbons (Fsp3) is 0.435. The molecule has 2 aromatic rings. The standard InChI is InChI=1S/C23H27N5O4S2/c1-3-5-9-28-21(30)17(34-23(28)33)15-16-19(24-18-8-6-7-10-27(18)20(16)29)25-11-13-26(14-12-25)22(31)32-4-2/h6-8,10,15H,3-5,9,11-14H2,1-2H3. The summed E-state index contributed by atoms with van der Waals surface area (Å²) < 4.78 is 7.08. The summed E-state index contributed by atoms with van der Waals surface area (Å²) in [6, 6.07) is 5.36. The molecule has 9 nitrogen and oxygen atoms in total. The van der Waals surface area contributed by atoms with Crippen molar-refractivity contribution in [3.05, 3.63) is 45.2 Å². The number of piperazine rings is 1. The first kappa shape index (κ1) is 24.2. The van der Waals surface area contributed by atoms with Gasteiger partial charge in [-0.05, 0) is 31.6 Å². The van der Waals surface area contributed by atoms with Crippen molar-refractivity contribution in [3.8, 4) is 0 Å². The van der Waals surface area contributed by atoms with Crippen molar-refractivity contribution in [1.29, 1.82) is 0 Å². The van der Waals surface area contributed by atoms with E-state index in [1.165, 1.54) is 16.2 Å². The van der Waals surface area contributed by atoms with Crippen LogP contribution in [0, 0.1) is 0 Å². The van der Waals surface area contributed by atoms with E-state index in [2.05, 4.69) is 6.92 Å². The van der Waals surface area contributed by atoms with Gasteiger partial charge >= 0.3 is 6.09 Å². The number of fused-ring (bicyclic) bond motifs is 1. The summed E-state index contributed by atoms with van der Waals surface area (Å²) in [5.74, 6) is 0.317. The second-order valence-corrected chi connectivity index (χ2v) is 9.62. The summed E-state index contributed by atoms with van der Waals surface area (Å²) in [7, 11) is 0. The van der Waals surface area contributed by atoms with Crippen LogP contribution in [0.5, 0.6) is 0 Å². The molecule has 0 aliphatic carbocycles. The van der Waals surface area contributed by atoms with Gasteiger partial charge < -0.3 is 14.5 Å². The molecule has 2 aliphatic heterocycles. The third-order valence-corrected chi connectivity index (χ3v) is 7.12. The number of hydrogen-bond donors (Lipinski definition) is 0. The van der Waals surface area contributed by atoms with E-state index >= 15 is 0 Å². The van der Waals surface area contributed by atoms with Crippen molar-refractivity contribution >= 4 is 57.8 Å². The number of pyridine rings is 1. The van der Waals surface area contributed by atoms with Crippen LogP contribution in [-0.4, -0.2) is 74.8 Å². The van der Waals surface area contributed by atoms with Crippen LogP contribution < -0.4 is 10.5 Å². The van der Waals surface area contributed by atoms with Crippen LogP contribution in [0.25, 0.3) is 11.7 Å². The van der Waals surface area contributed by atoms with Gasteiger partial charge in [-0.1, -0.05) is 43.4 Å². The average Bonchev–Trinajstić information content (AvgIpc) is 3.11. The summed E-state index contributed by atoms with van der Waals surface area (Å²) in [4.78, 5) is 49.0. The van der Waals surface area contributed by atoms with E-state index in [0.717, 1.165) is 12.8 Å². The zero-order valence-electron chi connectivity index (χ0n) is 19.2. The van der Waals surface area contributed by atoms with Crippen molar-refractivity contribution in [3.63, 3.8) is 0 Å². The summed E-state index contributed by atoms with van der Waals surface area (Å²) >= 11 is 6.63. The molecular weight excluding hydrogens is 474 g/mol. The Morgan fingerprint density at radius 3 is 2.68 bits per heavy atom. The highest BCUT2D eigenvalue weighted by atomic mass is 32.2. The number of aromatic nitrogens is 2. The Bertz CT molecular complexity index is 1200. The molecule has 0 radical (unpaired) electrons. The molecule has 0 unspecified atom stereocenters. The molecule has 2 amide bonds. The fourth-order valence-electron chi connectivity index (χ4n) is 3.91. The fourth-order valence-corrected chi connectivity index (χ4v) is 5.20. The number of rotatable bonds is 6. The minimum absolute atomic E-state index is 0.181. The highest BCUT2D eigenvalue weighted by Crippen LogP contribution is 2.33. The molecule has 0 bridgehead atoms. The minimum Gasteiger partial charge on any atom is -0.450 e. The molecule has 34 heavy (non-hydrogen) atoms. The quantitative estimate of drug-likeness (QED) is 0.441. The molecule has 11 heteroatoms. The lowest BCUT2D eigenvalue weighted by Gasteiger charge is -2.35. The maximum atomic E-state index is 13.5. The van der Waals surface area contributed by atoms with E-state index in [-0.39, 0.29) is 17.6 Å². The molecular formula is C23H27N5O4S2. The minimum atomic E-state index is -0.343. The van der Waals surface area contributed by atoms with Crippen molar-refractivity contribution < 1.29 is 14.3 Å². The Morgan fingerprint density at radius 1 is 1.21 bits per heavy atom. The van der Waals surface area contributed by atoms with Gasteiger partial charge in [-0.25, -0.2) is 9.78 Å². The largest absolute Gasteiger partial charge is 0.450 e. The van der Waals surface area contributed by atoms with Gasteiger partial charge in [-0.3, -0.25) is 18.9 Å². The highest BCUT2D eigenvalue weighted by Gasteiger charge is 2.33. The number of nitrogens with zero attached hydrogens (tertiary/aromatic N) is 5. The molecule has 2 aromatic heterocycles. The van der Waals surface area contributed by atoms with Crippen molar-refractivity contribution in [2.75, 3.05) is 44.2 Å². The van der Waals surface area contributed by atoms with Gasteiger partial charge in [0.2, 0.25) is 0 Å². The number of carbonyl (C=O) groups is 2. The summed E-state index contributed by atoms with van der Waals surface area (Å²) in [6.45, 7) is 6.61. The zero-order chi connectivity index (χ0) is 24.2. The molecule has 0 saturated carbocycles. The first-order valence-corrected chi connectivity index (χ1v) is 12.6. The third-order valence-electron chi connectivity index (χ3n) is 5.74. The van der Waals surface area contributed by atoms with Crippen LogP contribution in [0.4, 0.5) is 10.6 Å². The molecule has 180 valence electrons. The average molecular weight is 502 g/mol. The third kappa shape index (κ3) is 4.80. The molecule has 0 aromatic carbocycles. The zero-order valence-corrected chi connectivity index (χ0v) is 20.9. The molecule has 0 spiro atoms. The monoisotopic (exact) mass is 501 g/mol. The summed E-state index contributed by atoms with van der Waals surface area (Å²) in [6.07, 6.45) is 4.75. The molecule has 2 fully saturated rings. The number of unbranched alkanes of at least 4 members (excludes halogenated alkanes) is 1. The Kier molecular flexibility index (Phi) is 7.52. The number of thiocarbonyl (C=S) groups is 1. The topological polar surface area (TPSA) is 87.5 Å². The molecule has 4 rings (SSSR count). The van der Waals surface area contributed by atoms with Gasteiger partial charge in [0, 0.05) is 38.9 Å². The lowest BCUT2D eigenvalue weighted by molar-refractivity contribution is -0.122. The van der Waals surface area contributed by atoms with Gasteiger partial charge in [0.1, 0.15) is 15.8 Å². The Labute approximate surface area is 207 Å². The van der Waals surface area contributed by atoms with Crippen LogP contribution in [0.1, 0.15) is 32.3 Å². The van der Waals surface area contributed by atoms with Gasteiger partial charge in [0.25, 0.3) is 11.5 Å². The van der Waals surface area contributed by atoms with E-state index in [0.29, 0.717) is 65.6 Å². The van der Waals surface area contributed by atoms with Gasteiger partial charge in [-0.2, -0.15) is 0 Å². The van der Waals surface area contributed by atoms with E-state index < -0.39 is 0 Å². The van der Waals surface area contributed by atoms with E-state index in [1.807, 2.05) is 11.0 Å². The SMILES string of the molecule is CCCCN1C(=O)C(=Cc2c(N3CCN(C(=O)OCC)CC3)nc3ccccn3c2=O)SC1=S. The first-order chi connectivity index (χ1) is 16.4. The van der Waals surface area contributed by atoms with E-state index in [4.69, 9.17) is 21.9 Å². The Morgan fingerprint density at radius 2 is 1.97 bits per heavy atom. The molecule has 0 N–H and O–H groups in total. The number of anilines is 1. The molecule has 2 aliphatic rings. The Hall–Kier alpha value is -2.92. The Balaban J connectivity index is 1.70. The predicted molar refractivity (Wildman–Crippen MR) is 137 cm³/mol. The number of ether oxygens (including phenoxy) is 1. The molecule has 4 heterocycles. The predicted octanol–water partition coefficient (Wildman–Crippen LogP) is 2.97. The smallest absolute Gasteiger partial charge is 0.409 e. The van der Waals surface area contributed by atoms with E-state index in [1.54, 1.807) is 41.1 Å². The van der Waals surface area contributed by atoms with Gasteiger partial charge in [-0.15, -0.1) is 0 Å². The first-order valence-electron chi connectivity index (χ1n) is 11.4. The highest BCUT2D eigenvalue weighted by molar-refractivity contribution is 8.26. The lowest BCUT2D eigenvalue weighted by atomic mass is 10.2. The normalized spacial score (nSPS) is 17.8. The van der Waals surface area contributed by atoms with Crippen molar-refractivity contribution in [1.82, 2.24) is 19.2 Å². The van der Waals surface area contributed by atoms with Crippen molar-refractivity contribution in [2.45, 2.75) is 26.7 Å². The molecule has 0 atom stereocenters. The van der Waals surface area contributed by atoms with Crippen LogP contribution in [-0.2, 0) is 9.53 Å². The van der Waals surface area contributed by atoms with Crippen LogP contribution in [0.15, 0.2) is 34.1 Å².